The molecular formula is C18H15F3N2O3S2. The van der Waals surface area contributed by atoms with Gasteiger partial charge in [0.05, 0.1) is 33.6 Å². The van der Waals surface area contributed by atoms with Gasteiger partial charge in [-0.05, 0) is 31.4 Å². The van der Waals surface area contributed by atoms with Crippen molar-refractivity contribution in [3.63, 3.8) is 0 Å². The van der Waals surface area contributed by atoms with Gasteiger partial charge in [0.25, 0.3) is 0 Å². The lowest BCUT2D eigenvalue weighted by molar-refractivity contribution is -0.149. The molecule has 2 aromatic rings. The summed E-state index contributed by atoms with van der Waals surface area (Å²) in [6.07, 6.45) is -5.62. The number of alkyl halides is 3. The van der Waals surface area contributed by atoms with E-state index in [1.165, 1.54) is 17.4 Å². The lowest BCUT2D eigenvalue weighted by Gasteiger charge is -2.13. The molecule has 0 saturated carbocycles. The van der Waals surface area contributed by atoms with Crippen LogP contribution < -0.4 is 0 Å². The molecule has 0 N–H and O–H groups in total. The van der Waals surface area contributed by atoms with Crippen LogP contribution in [-0.2, 0) is 20.5 Å². The van der Waals surface area contributed by atoms with Crippen LogP contribution in [0.3, 0.4) is 0 Å². The van der Waals surface area contributed by atoms with E-state index >= 15 is 0 Å². The number of halogens is 3. The zero-order valence-electron chi connectivity index (χ0n) is 14.9. The van der Waals surface area contributed by atoms with Crippen LogP contribution in [0.15, 0.2) is 28.6 Å². The lowest BCUT2D eigenvalue weighted by atomic mass is 10.1. The summed E-state index contributed by atoms with van der Waals surface area (Å²) in [7, 11) is 0. The molecule has 0 fully saturated rings. The standard InChI is InChI=1S/C18H15F3N2O3S2/c1-10(2)26-16(25)6-11(24)9-28-17-12(8-22)13(18(19,20)21)7-14(23-17)15-4-3-5-27-15/h3-5,7,10H,6,9H2,1-2H3. The Morgan fingerprint density at radius 3 is 2.64 bits per heavy atom. The van der Waals surface area contributed by atoms with E-state index in [0.29, 0.717) is 16.6 Å². The number of hydrogen-bond donors (Lipinski definition) is 0. The fourth-order valence-corrected chi connectivity index (χ4v) is 3.72. The van der Waals surface area contributed by atoms with E-state index in [9.17, 15) is 28.0 Å². The van der Waals surface area contributed by atoms with Crippen LogP contribution in [0, 0.1) is 11.3 Å². The van der Waals surface area contributed by atoms with E-state index < -0.39 is 35.5 Å². The predicted molar refractivity (Wildman–Crippen MR) is 98.8 cm³/mol. The fourth-order valence-electron chi connectivity index (χ4n) is 2.17. The zero-order chi connectivity index (χ0) is 20.9. The summed E-state index contributed by atoms with van der Waals surface area (Å²) in [5.41, 5.74) is -1.69. The molecule has 5 nitrogen and oxygen atoms in total. The maximum Gasteiger partial charge on any atom is 0.417 e. The molecule has 2 aromatic heterocycles. The summed E-state index contributed by atoms with van der Waals surface area (Å²) in [5, 5.41) is 10.7. The van der Waals surface area contributed by atoms with E-state index in [2.05, 4.69) is 4.98 Å². The average Bonchev–Trinajstić information content (AvgIpc) is 3.12. The largest absolute Gasteiger partial charge is 0.463 e. The molecule has 10 heteroatoms. The van der Waals surface area contributed by atoms with Crippen LogP contribution in [0.1, 0.15) is 31.4 Å². The number of pyridine rings is 1. The molecule has 2 rings (SSSR count). The number of aromatic nitrogens is 1. The number of rotatable bonds is 7. The number of nitriles is 1. The molecule has 28 heavy (non-hydrogen) atoms. The molecule has 0 aromatic carbocycles. The average molecular weight is 428 g/mol. The highest BCUT2D eigenvalue weighted by Gasteiger charge is 2.36. The van der Waals surface area contributed by atoms with Crippen molar-refractivity contribution in [2.24, 2.45) is 0 Å². The molecule has 0 aliphatic heterocycles. The van der Waals surface area contributed by atoms with Gasteiger partial charge in [-0.3, -0.25) is 9.59 Å². The second-order valence-corrected chi connectivity index (χ2v) is 7.78. The van der Waals surface area contributed by atoms with Gasteiger partial charge < -0.3 is 4.74 Å². The Morgan fingerprint density at radius 2 is 2.11 bits per heavy atom. The first-order chi connectivity index (χ1) is 13.1. The number of ketones is 1. The van der Waals surface area contributed by atoms with Gasteiger partial charge in [0.2, 0.25) is 0 Å². The first-order valence-corrected chi connectivity index (χ1v) is 9.88. The number of thioether (sulfide) groups is 1. The van der Waals surface area contributed by atoms with Crippen LogP contribution in [0.25, 0.3) is 10.6 Å². The monoisotopic (exact) mass is 428 g/mol. The van der Waals surface area contributed by atoms with Gasteiger partial charge in [0.15, 0.2) is 5.78 Å². The van der Waals surface area contributed by atoms with Gasteiger partial charge in [0, 0.05) is 0 Å². The number of thiophene rings is 1. The molecule has 0 radical (unpaired) electrons. The van der Waals surface area contributed by atoms with Crippen molar-refractivity contribution in [1.82, 2.24) is 4.98 Å². The third-order valence-electron chi connectivity index (χ3n) is 3.26. The third-order valence-corrected chi connectivity index (χ3v) is 5.18. The van der Waals surface area contributed by atoms with Crippen molar-refractivity contribution in [2.45, 2.75) is 37.6 Å². The minimum absolute atomic E-state index is 0.0653. The summed E-state index contributed by atoms with van der Waals surface area (Å²) in [6, 6.07) is 5.64. The summed E-state index contributed by atoms with van der Waals surface area (Å²) in [4.78, 5) is 28.1. The molecule has 148 valence electrons. The first kappa shape index (κ1) is 21.9. The number of carbonyl (C=O) groups is 2. The molecule has 0 aliphatic rings. The van der Waals surface area contributed by atoms with Gasteiger partial charge in [0.1, 0.15) is 17.5 Å². The van der Waals surface area contributed by atoms with Crippen molar-refractivity contribution >= 4 is 34.9 Å². The molecule has 2 heterocycles. The number of hydrogen-bond acceptors (Lipinski definition) is 7. The van der Waals surface area contributed by atoms with Crippen LogP contribution in [0.2, 0.25) is 0 Å². The molecule has 0 spiro atoms. The SMILES string of the molecule is CC(C)OC(=O)CC(=O)CSc1nc(-c2cccs2)cc(C(F)(F)F)c1C#N. The zero-order valence-corrected chi connectivity index (χ0v) is 16.5. The topological polar surface area (TPSA) is 80.1 Å². The van der Waals surface area contributed by atoms with Crippen LogP contribution in [0.4, 0.5) is 13.2 Å². The van der Waals surface area contributed by atoms with Crippen LogP contribution >= 0.6 is 23.1 Å². The van der Waals surface area contributed by atoms with E-state index in [0.717, 1.165) is 6.07 Å². The molecule has 0 saturated heterocycles. The van der Waals surface area contributed by atoms with E-state index in [1.807, 2.05) is 0 Å². The number of Topliss-reactive ketones (excluding diaryl/α,β-unsaturated/α-hetero) is 1. The second-order valence-electron chi connectivity index (χ2n) is 5.86. The Hall–Kier alpha value is -2.38. The quantitative estimate of drug-likeness (QED) is 0.361. The number of nitrogens with zero attached hydrogens (tertiary/aromatic N) is 2. The third kappa shape index (κ3) is 5.81. The summed E-state index contributed by atoms with van der Waals surface area (Å²) in [5.74, 6) is -1.55. The van der Waals surface area contributed by atoms with Crippen molar-refractivity contribution in [3.05, 3.63) is 34.7 Å². The number of esters is 1. The Bertz CT molecular complexity index is 904. The maximum atomic E-state index is 13.4. The van der Waals surface area contributed by atoms with Crippen LogP contribution in [0.5, 0.6) is 0 Å². The second kappa shape index (κ2) is 9.21. The minimum Gasteiger partial charge on any atom is -0.463 e. The van der Waals surface area contributed by atoms with Gasteiger partial charge in [-0.15, -0.1) is 11.3 Å². The van der Waals surface area contributed by atoms with Crippen molar-refractivity contribution in [2.75, 3.05) is 5.75 Å². The summed E-state index contributed by atoms with van der Waals surface area (Å²) >= 11 is 1.90. The minimum atomic E-state index is -4.75. The molecule has 0 bridgehead atoms. The van der Waals surface area contributed by atoms with Crippen LogP contribution in [-0.4, -0.2) is 28.6 Å². The Kier molecular flexibility index (Phi) is 7.21. The first-order valence-electron chi connectivity index (χ1n) is 8.02. The van der Waals surface area contributed by atoms with Crippen molar-refractivity contribution < 1.29 is 27.5 Å². The molecule has 0 aliphatic carbocycles. The Balaban J connectivity index is 2.30. The molecular weight excluding hydrogens is 413 g/mol. The van der Waals surface area contributed by atoms with Gasteiger partial charge >= 0.3 is 12.1 Å². The van der Waals surface area contributed by atoms with Crippen molar-refractivity contribution in [3.8, 4) is 16.6 Å². The predicted octanol–water partition coefficient (Wildman–Crippen LogP) is 4.70. The van der Waals surface area contributed by atoms with Gasteiger partial charge in [-0.25, -0.2) is 4.98 Å². The molecule has 0 unspecified atom stereocenters. The maximum absolute atomic E-state index is 13.4. The smallest absolute Gasteiger partial charge is 0.417 e. The van der Waals surface area contributed by atoms with Gasteiger partial charge in [-0.1, -0.05) is 17.8 Å². The highest BCUT2D eigenvalue weighted by Crippen LogP contribution is 2.38. The molecule has 0 amide bonds. The number of ether oxygens (including phenoxy) is 1. The Labute approximate surface area is 167 Å². The Morgan fingerprint density at radius 1 is 1.39 bits per heavy atom. The lowest BCUT2D eigenvalue weighted by Crippen LogP contribution is -2.17. The summed E-state index contributed by atoms with van der Waals surface area (Å²) < 4.78 is 45.1. The van der Waals surface area contributed by atoms with Crippen molar-refractivity contribution in [1.29, 1.82) is 5.26 Å². The van der Waals surface area contributed by atoms with Gasteiger partial charge in [-0.2, -0.15) is 18.4 Å². The fraction of sp³-hybridized carbons (Fsp3) is 0.333. The molecule has 0 atom stereocenters. The highest BCUT2D eigenvalue weighted by atomic mass is 32.2. The highest BCUT2D eigenvalue weighted by molar-refractivity contribution is 8.00. The van der Waals surface area contributed by atoms with E-state index in [4.69, 9.17) is 4.74 Å². The number of carbonyl (C=O) groups excluding carboxylic acids is 2. The normalized spacial score (nSPS) is 11.3. The summed E-state index contributed by atoms with van der Waals surface area (Å²) in [6.45, 7) is 3.27. The van der Waals surface area contributed by atoms with E-state index in [-0.39, 0.29) is 22.6 Å². The van der Waals surface area contributed by atoms with E-state index in [1.54, 1.807) is 31.4 Å².